The number of methoxy groups -OCH3 is 2. The SMILES string of the molecule is COc1ccc(/C=C2\Oc3cc(OCc4cc(C)ccc4C)ccc3C2=O)c(OC)c1. The smallest absolute Gasteiger partial charge is 0.231 e. The highest BCUT2D eigenvalue weighted by Gasteiger charge is 2.28. The van der Waals surface area contributed by atoms with E-state index in [4.69, 9.17) is 18.9 Å². The van der Waals surface area contributed by atoms with Gasteiger partial charge in [-0.25, -0.2) is 0 Å². The van der Waals surface area contributed by atoms with E-state index < -0.39 is 0 Å². The van der Waals surface area contributed by atoms with Crippen LogP contribution in [0.4, 0.5) is 0 Å². The van der Waals surface area contributed by atoms with Crippen LogP contribution < -0.4 is 18.9 Å². The number of hydrogen-bond acceptors (Lipinski definition) is 5. The summed E-state index contributed by atoms with van der Waals surface area (Å²) in [4.78, 5) is 12.8. The molecule has 0 saturated heterocycles. The highest BCUT2D eigenvalue weighted by atomic mass is 16.5. The number of fused-ring (bicyclic) bond motifs is 1. The number of ether oxygens (including phenoxy) is 4. The minimum atomic E-state index is -0.172. The highest BCUT2D eigenvalue weighted by Crippen LogP contribution is 2.36. The lowest BCUT2D eigenvalue weighted by atomic mass is 10.1. The van der Waals surface area contributed by atoms with Crippen LogP contribution >= 0.6 is 0 Å². The maximum absolute atomic E-state index is 12.8. The minimum absolute atomic E-state index is 0.172. The number of Topliss-reactive ketones (excluding diaryl/α,β-unsaturated/α-hetero) is 1. The van der Waals surface area contributed by atoms with E-state index in [-0.39, 0.29) is 11.5 Å². The van der Waals surface area contributed by atoms with Crippen LogP contribution in [0.15, 0.2) is 60.4 Å². The number of benzene rings is 3. The van der Waals surface area contributed by atoms with Gasteiger partial charge in [-0.1, -0.05) is 23.8 Å². The second-order valence-electron chi connectivity index (χ2n) is 7.42. The van der Waals surface area contributed by atoms with Crippen LogP contribution in [0.1, 0.15) is 32.6 Å². The lowest BCUT2D eigenvalue weighted by Crippen LogP contribution is -1.99. The first kappa shape index (κ1) is 20.5. The van der Waals surface area contributed by atoms with Crippen molar-refractivity contribution in [2.75, 3.05) is 14.2 Å². The first-order chi connectivity index (χ1) is 15.0. The molecule has 0 bridgehead atoms. The number of rotatable bonds is 6. The third-order valence-electron chi connectivity index (χ3n) is 5.27. The molecule has 0 aliphatic carbocycles. The third kappa shape index (κ3) is 4.26. The fraction of sp³-hybridized carbons (Fsp3) is 0.192. The van der Waals surface area contributed by atoms with Crippen LogP contribution in [0.25, 0.3) is 6.08 Å². The van der Waals surface area contributed by atoms with Crippen molar-refractivity contribution < 1.29 is 23.7 Å². The molecule has 158 valence electrons. The number of allylic oxidation sites excluding steroid dienone is 1. The fourth-order valence-electron chi connectivity index (χ4n) is 3.45. The molecule has 0 atom stereocenters. The fourth-order valence-corrected chi connectivity index (χ4v) is 3.45. The van der Waals surface area contributed by atoms with Crippen molar-refractivity contribution in [3.63, 3.8) is 0 Å². The Morgan fingerprint density at radius 2 is 1.71 bits per heavy atom. The van der Waals surface area contributed by atoms with E-state index in [1.165, 1.54) is 11.1 Å². The van der Waals surface area contributed by atoms with E-state index in [0.29, 0.717) is 35.2 Å². The Morgan fingerprint density at radius 3 is 2.48 bits per heavy atom. The molecular weight excluding hydrogens is 392 g/mol. The van der Waals surface area contributed by atoms with Gasteiger partial charge >= 0.3 is 0 Å². The lowest BCUT2D eigenvalue weighted by Gasteiger charge is -2.10. The molecule has 0 N–H and O–H groups in total. The van der Waals surface area contributed by atoms with Crippen LogP contribution in [0.5, 0.6) is 23.0 Å². The van der Waals surface area contributed by atoms with Crippen molar-refractivity contribution >= 4 is 11.9 Å². The standard InChI is InChI=1S/C26H24O5/c1-16-5-6-17(2)19(11-16)15-30-21-9-10-22-24(14-21)31-25(26(22)27)12-18-7-8-20(28-3)13-23(18)29-4/h5-14H,15H2,1-4H3/b25-12-. The summed E-state index contributed by atoms with van der Waals surface area (Å²) in [6, 6.07) is 17.0. The minimum Gasteiger partial charge on any atom is -0.497 e. The molecule has 0 amide bonds. The molecular formula is C26H24O5. The zero-order valence-corrected chi connectivity index (χ0v) is 18.0. The molecule has 0 radical (unpaired) electrons. The van der Waals surface area contributed by atoms with Gasteiger partial charge in [-0.2, -0.15) is 0 Å². The predicted molar refractivity (Wildman–Crippen MR) is 119 cm³/mol. The molecule has 3 aromatic rings. The predicted octanol–water partition coefficient (Wildman–Crippen LogP) is 5.52. The van der Waals surface area contributed by atoms with Crippen LogP contribution in [0.2, 0.25) is 0 Å². The Kier molecular flexibility index (Phi) is 5.67. The van der Waals surface area contributed by atoms with Crippen molar-refractivity contribution in [2.24, 2.45) is 0 Å². The van der Waals surface area contributed by atoms with E-state index in [2.05, 4.69) is 32.0 Å². The zero-order valence-electron chi connectivity index (χ0n) is 18.0. The highest BCUT2D eigenvalue weighted by molar-refractivity contribution is 6.14. The molecule has 4 rings (SSSR count). The molecule has 0 aromatic heterocycles. The van der Waals surface area contributed by atoms with E-state index in [9.17, 15) is 4.79 Å². The van der Waals surface area contributed by atoms with Gasteiger partial charge < -0.3 is 18.9 Å². The summed E-state index contributed by atoms with van der Waals surface area (Å²) >= 11 is 0. The van der Waals surface area contributed by atoms with E-state index in [1.807, 2.05) is 6.07 Å². The van der Waals surface area contributed by atoms with Crippen LogP contribution in [0.3, 0.4) is 0 Å². The first-order valence-corrected chi connectivity index (χ1v) is 9.97. The molecule has 5 heteroatoms. The Labute approximate surface area is 181 Å². The summed E-state index contributed by atoms with van der Waals surface area (Å²) in [7, 11) is 3.16. The van der Waals surface area contributed by atoms with Crippen molar-refractivity contribution in [3.05, 3.63) is 88.2 Å². The van der Waals surface area contributed by atoms with Gasteiger partial charge in [0.25, 0.3) is 0 Å². The Hall–Kier alpha value is -3.73. The summed E-state index contributed by atoms with van der Waals surface area (Å²) in [5.74, 6) is 2.47. The van der Waals surface area contributed by atoms with Crippen molar-refractivity contribution in [1.29, 1.82) is 0 Å². The summed E-state index contributed by atoms with van der Waals surface area (Å²) < 4.78 is 22.5. The van der Waals surface area contributed by atoms with Crippen LogP contribution in [0, 0.1) is 13.8 Å². The number of ketones is 1. The topological polar surface area (TPSA) is 54.0 Å². The number of hydrogen-bond donors (Lipinski definition) is 0. The molecule has 1 heterocycles. The lowest BCUT2D eigenvalue weighted by molar-refractivity contribution is 0.101. The summed E-state index contributed by atoms with van der Waals surface area (Å²) in [5, 5.41) is 0. The monoisotopic (exact) mass is 416 g/mol. The molecule has 0 unspecified atom stereocenters. The average molecular weight is 416 g/mol. The Morgan fingerprint density at radius 1 is 0.903 bits per heavy atom. The van der Waals surface area contributed by atoms with Gasteiger partial charge in [0.2, 0.25) is 5.78 Å². The summed E-state index contributed by atoms with van der Waals surface area (Å²) in [6.45, 7) is 4.57. The van der Waals surface area contributed by atoms with Gasteiger partial charge in [0.15, 0.2) is 5.76 Å². The molecule has 0 saturated carbocycles. The molecule has 31 heavy (non-hydrogen) atoms. The van der Waals surface area contributed by atoms with Gasteiger partial charge in [-0.3, -0.25) is 4.79 Å². The second-order valence-corrected chi connectivity index (χ2v) is 7.42. The third-order valence-corrected chi connectivity index (χ3v) is 5.27. The normalized spacial score (nSPS) is 13.7. The summed E-state index contributed by atoms with van der Waals surface area (Å²) in [6.07, 6.45) is 1.68. The number of carbonyl (C=O) groups is 1. The Balaban J connectivity index is 1.54. The molecule has 1 aliphatic rings. The van der Waals surface area contributed by atoms with Gasteiger partial charge in [0, 0.05) is 17.7 Å². The number of aryl methyl sites for hydroxylation is 2. The second kappa shape index (κ2) is 8.56. The molecule has 0 spiro atoms. The van der Waals surface area contributed by atoms with Gasteiger partial charge in [0.05, 0.1) is 19.8 Å². The molecule has 3 aromatic carbocycles. The van der Waals surface area contributed by atoms with Crippen LogP contribution in [-0.4, -0.2) is 20.0 Å². The zero-order chi connectivity index (χ0) is 22.0. The van der Waals surface area contributed by atoms with Crippen molar-refractivity contribution in [3.8, 4) is 23.0 Å². The van der Waals surface area contributed by atoms with Gasteiger partial charge in [-0.05, 0) is 55.3 Å². The van der Waals surface area contributed by atoms with E-state index in [1.54, 1.807) is 50.6 Å². The number of carbonyl (C=O) groups excluding carboxylic acids is 1. The average Bonchev–Trinajstić information content (AvgIpc) is 3.09. The first-order valence-electron chi connectivity index (χ1n) is 9.97. The van der Waals surface area contributed by atoms with E-state index >= 15 is 0 Å². The van der Waals surface area contributed by atoms with E-state index in [0.717, 1.165) is 11.1 Å². The quantitative estimate of drug-likeness (QED) is 0.496. The van der Waals surface area contributed by atoms with Crippen molar-refractivity contribution in [1.82, 2.24) is 0 Å². The molecule has 0 fully saturated rings. The maximum Gasteiger partial charge on any atom is 0.231 e. The molecule has 1 aliphatic heterocycles. The van der Waals surface area contributed by atoms with Gasteiger partial charge in [0.1, 0.15) is 29.6 Å². The largest absolute Gasteiger partial charge is 0.497 e. The summed E-state index contributed by atoms with van der Waals surface area (Å²) in [5.41, 5.74) is 4.74. The van der Waals surface area contributed by atoms with Gasteiger partial charge in [-0.15, -0.1) is 0 Å². The van der Waals surface area contributed by atoms with Crippen LogP contribution in [-0.2, 0) is 6.61 Å². The van der Waals surface area contributed by atoms with Crippen molar-refractivity contribution in [2.45, 2.75) is 20.5 Å². The molecule has 5 nitrogen and oxygen atoms in total. The Bertz CT molecular complexity index is 1180. The maximum atomic E-state index is 12.8.